The fourth-order valence-electron chi connectivity index (χ4n) is 2.01. The highest BCUT2D eigenvalue weighted by Crippen LogP contribution is 2.35. The van der Waals surface area contributed by atoms with Crippen LogP contribution in [-0.4, -0.2) is 51.1 Å². The molecule has 0 saturated carbocycles. The number of ketones is 1. The Labute approximate surface area is 140 Å². The monoisotopic (exact) mass is 339 g/mol. The molecule has 0 heterocycles. The molecule has 6 nitrogen and oxygen atoms in total. The number of esters is 1. The van der Waals surface area contributed by atoms with Gasteiger partial charge in [0, 0.05) is 20.3 Å². The van der Waals surface area contributed by atoms with Gasteiger partial charge in [0.2, 0.25) is 5.78 Å². The van der Waals surface area contributed by atoms with Crippen molar-refractivity contribution < 1.29 is 28.2 Å². The van der Waals surface area contributed by atoms with Crippen LogP contribution in [0.2, 0.25) is 0 Å². The Morgan fingerprint density at radius 1 is 1.17 bits per heavy atom. The SMILES string of the molecule is CCOC(=O)/C(=C/N(C)C)C(=O)c1ccc(F)c(OC)c1OCC. The highest BCUT2D eigenvalue weighted by molar-refractivity contribution is 6.25. The summed E-state index contributed by atoms with van der Waals surface area (Å²) in [5.41, 5.74) is -0.160. The lowest BCUT2D eigenvalue weighted by Crippen LogP contribution is -2.20. The predicted molar refractivity (Wildman–Crippen MR) is 86.9 cm³/mol. The highest BCUT2D eigenvalue weighted by atomic mass is 19.1. The average molecular weight is 339 g/mol. The molecule has 1 aromatic carbocycles. The minimum absolute atomic E-state index is 0.0243. The van der Waals surface area contributed by atoms with Crippen molar-refractivity contribution in [3.05, 3.63) is 35.3 Å². The first kappa shape index (κ1) is 19.5. The van der Waals surface area contributed by atoms with Crippen LogP contribution in [0.25, 0.3) is 0 Å². The number of methoxy groups -OCH3 is 1. The maximum atomic E-state index is 13.9. The lowest BCUT2D eigenvalue weighted by Gasteiger charge is -2.16. The Morgan fingerprint density at radius 2 is 1.83 bits per heavy atom. The van der Waals surface area contributed by atoms with Crippen LogP contribution < -0.4 is 9.47 Å². The quantitative estimate of drug-likeness (QED) is 0.238. The molecule has 24 heavy (non-hydrogen) atoms. The van der Waals surface area contributed by atoms with Crippen LogP contribution >= 0.6 is 0 Å². The van der Waals surface area contributed by atoms with Gasteiger partial charge in [0.25, 0.3) is 0 Å². The summed E-state index contributed by atoms with van der Waals surface area (Å²) in [6.07, 6.45) is 1.35. The van der Waals surface area contributed by atoms with Crippen LogP contribution in [0.1, 0.15) is 24.2 Å². The Balaban J connectivity index is 3.46. The number of carbonyl (C=O) groups is 2. The predicted octanol–water partition coefficient (Wildman–Crippen LogP) is 2.42. The fourth-order valence-corrected chi connectivity index (χ4v) is 2.01. The minimum Gasteiger partial charge on any atom is -0.490 e. The molecule has 0 spiro atoms. The Bertz CT molecular complexity index is 640. The van der Waals surface area contributed by atoms with Gasteiger partial charge in [-0.1, -0.05) is 0 Å². The van der Waals surface area contributed by atoms with E-state index in [9.17, 15) is 14.0 Å². The molecule has 0 saturated heterocycles. The number of Topliss-reactive ketones (excluding diaryl/α,β-unsaturated/α-hetero) is 1. The van der Waals surface area contributed by atoms with Gasteiger partial charge in [-0.3, -0.25) is 4.79 Å². The molecule has 0 radical (unpaired) electrons. The van der Waals surface area contributed by atoms with Crippen molar-refractivity contribution >= 4 is 11.8 Å². The normalized spacial score (nSPS) is 11.0. The molecule has 0 aliphatic carbocycles. The number of rotatable bonds is 8. The first-order valence-corrected chi connectivity index (χ1v) is 7.46. The maximum Gasteiger partial charge on any atom is 0.343 e. The van der Waals surface area contributed by atoms with Crippen LogP contribution in [0, 0.1) is 5.82 Å². The first-order chi connectivity index (χ1) is 11.4. The van der Waals surface area contributed by atoms with E-state index in [1.807, 2.05) is 0 Å². The number of hydrogen-bond acceptors (Lipinski definition) is 6. The molecular formula is C17H22FNO5. The minimum atomic E-state index is -0.762. The number of carbonyl (C=O) groups excluding carboxylic acids is 2. The number of halogens is 1. The molecule has 0 amide bonds. The van der Waals surface area contributed by atoms with Gasteiger partial charge < -0.3 is 19.1 Å². The van der Waals surface area contributed by atoms with E-state index in [4.69, 9.17) is 14.2 Å². The molecule has 0 atom stereocenters. The van der Waals surface area contributed by atoms with Crippen LogP contribution in [-0.2, 0) is 9.53 Å². The molecular weight excluding hydrogens is 317 g/mol. The molecule has 1 rings (SSSR count). The number of nitrogens with zero attached hydrogens (tertiary/aromatic N) is 1. The summed E-state index contributed by atoms with van der Waals surface area (Å²) < 4.78 is 29.2. The van der Waals surface area contributed by atoms with E-state index in [0.717, 1.165) is 6.07 Å². The number of hydrogen-bond donors (Lipinski definition) is 0. The van der Waals surface area contributed by atoms with Gasteiger partial charge >= 0.3 is 5.97 Å². The van der Waals surface area contributed by atoms with E-state index in [2.05, 4.69) is 0 Å². The van der Waals surface area contributed by atoms with Crippen molar-refractivity contribution in [2.24, 2.45) is 0 Å². The van der Waals surface area contributed by atoms with Crippen molar-refractivity contribution in [3.63, 3.8) is 0 Å². The molecule has 0 N–H and O–H groups in total. The molecule has 0 aliphatic rings. The average Bonchev–Trinajstić information content (AvgIpc) is 2.53. The lowest BCUT2D eigenvalue weighted by atomic mass is 10.0. The van der Waals surface area contributed by atoms with Gasteiger partial charge in [0.05, 0.1) is 25.9 Å². The van der Waals surface area contributed by atoms with Gasteiger partial charge in [-0.2, -0.15) is 0 Å². The summed E-state index contributed by atoms with van der Waals surface area (Å²) in [5.74, 6) is -2.28. The van der Waals surface area contributed by atoms with Crippen molar-refractivity contribution in [1.29, 1.82) is 0 Å². The van der Waals surface area contributed by atoms with E-state index >= 15 is 0 Å². The van der Waals surface area contributed by atoms with Gasteiger partial charge in [-0.05, 0) is 26.0 Å². The van der Waals surface area contributed by atoms with Crippen molar-refractivity contribution in [2.75, 3.05) is 34.4 Å². The van der Waals surface area contributed by atoms with E-state index in [1.165, 1.54) is 19.4 Å². The smallest absolute Gasteiger partial charge is 0.343 e. The van der Waals surface area contributed by atoms with Crippen molar-refractivity contribution in [1.82, 2.24) is 4.90 Å². The summed E-state index contributed by atoms with van der Waals surface area (Å²) in [5, 5.41) is 0. The molecule has 0 fully saturated rings. The summed E-state index contributed by atoms with van der Waals surface area (Å²) in [6.45, 7) is 3.66. The second kappa shape index (κ2) is 8.90. The van der Waals surface area contributed by atoms with Gasteiger partial charge in [0.15, 0.2) is 17.3 Å². The largest absolute Gasteiger partial charge is 0.490 e. The number of benzene rings is 1. The molecule has 0 aromatic heterocycles. The number of ether oxygens (including phenoxy) is 3. The third-order valence-corrected chi connectivity index (χ3v) is 2.93. The summed E-state index contributed by atoms with van der Waals surface area (Å²) in [6, 6.07) is 2.35. The van der Waals surface area contributed by atoms with E-state index < -0.39 is 17.6 Å². The molecule has 132 valence electrons. The van der Waals surface area contributed by atoms with Crippen LogP contribution in [0.15, 0.2) is 23.9 Å². The lowest BCUT2D eigenvalue weighted by molar-refractivity contribution is -0.138. The standard InChI is InChI=1S/C17H22FNO5/c1-6-23-15-11(8-9-13(18)16(15)22-5)14(20)12(10-19(3)4)17(21)24-7-2/h8-10H,6-7H2,1-5H3/b12-10+. The zero-order valence-electron chi connectivity index (χ0n) is 14.5. The summed E-state index contributed by atoms with van der Waals surface area (Å²) in [4.78, 5) is 26.5. The third kappa shape index (κ3) is 4.47. The highest BCUT2D eigenvalue weighted by Gasteiger charge is 2.27. The molecule has 0 unspecified atom stereocenters. The zero-order chi connectivity index (χ0) is 18.3. The Kier molecular flexibility index (Phi) is 7.23. The Morgan fingerprint density at radius 3 is 2.33 bits per heavy atom. The van der Waals surface area contributed by atoms with E-state index in [-0.39, 0.29) is 35.8 Å². The van der Waals surface area contributed by atoms with Crippen molar-refractivity contribution in [3.8, 4) is 11.5 Å². The van der Waals surface area contributed by atoms with E-state index in [0.29, 0.717) is 0 Å². The van der Waals surface area contributed by atoms with Crippen LogP contribution in [0.3, 0.4) is 0 Å². The second-order valence-electron chi connectivity index (χ2n) is 4.95. The topological polar surface area (TPSA) is 65.1 Å². The molecule has 7 heteroatoms. The van der Waals surface area contributed by atoms with Gasteiger partial charge in [-0.25, -0.2) is 9.18 Å². The summed E-state index contributed by atoms with van der Waals surface area (Å²) in [7, 11) is 4.61. The second-order valence-corrected chi connectivity index (χ2v) is 4.95. The Hall–Kier alpha value is -2.57. The van der Waals surface area contributed by atoms with Gasteiger partial charge in [0.1, 0.15) is 5.57 Å². The van der Waals surface area contributed by atoms with Crippen LogP contribution in [0.4, 0.5) is 4.39 Å². The van der Waals surface area contributed by atoms with Crippen molar-refractivity contribution in [2.45, 2.75) is 13.8 Å². The molecule has 1 aromatic rings. The maximum absolute atomic E-state index is 13.9. The third-order valence-electron chi connectivity index (χ3n) is 2.93. The fraction of sp³-hybridized carbons (Fsp3) is 0.412. The first-order valence-electron chi connectivity index (χ1n) is 7.46. The molecule has 0 aliphatic heterocycles. The zero-order valence-corrected chi connectivity index (χ0v) is 14.5. The molecule has 0 bridgehead atoms. The van der Waals surface area contributed by atoms with E-state index in [1.54, 1.807) is 32.8 Å². The van der Waals surface area contributed by atoms with Gasteiger partial charge in [-0.15, -0.1) is 0 Å². The van der Waals surface area contributed by atoms with Crippen LogP contribution in [0.5, 0.6) is 11.5 Å². The summed E-state index contributed by atoms with van der Waals surface area (Å²) >= 11 is 0.